The van der Waals surface area contributed by atoms with Gasteiger partial charge < -0.3 is 20.7 Å². The number of rotatable bonds is 7. The summed E-state index contributed by atoms with van der Waals surface area (Å²) >= 11 is 0. The van der Waals surface area contributed by atoms with E-state index < -0.39 is 0 Å². The van der Waals surface area contributed by atoms with Crippen molar-refractivity contribution in [3.8, 4) is 0 Å². The van der Waals surface area contributed by atoms with Gasteiger partial charge in [0.25, 0.3) is 0 Å². The second-order valence-corrected chi connectivity index (χ2v) is 9.92. The maximum Gasteiger partial charge on any atom is 0.407 e. The molecule has 1 aliphatic heterocycles. The number of nitrogens with zero attached hydrogens (tertiary/aromatic N) is 2. The van der Waals surface area contributed by atoms with Crippen LogP contribution in [0.4, 0.5) is 16.4 Å². The minimum Gasteiger partial charge on any atom is -0.449 e. The smallest absolute Gasteiger partial charge is 0.407 e. The molecule has 174 valence electrons. The Morgan fingerprint density at radius 2 is 2.00 bits per heavy atom. The van der Waals surface area contributed by atoms with E-state index >= 15 is 0 Å². The number of piperidine rings is 1. The Labute approximate surface area is 193 Å². The third kappa shape index (κ3) is 5.43. The average Bonchev–Trinajstić information content (AvgIpc) is 3.50. The van der Waals surface area contributed by atoms with Crippen LogP contribution in [-0.4, -0.2) is 34.1 Å². The molecule has 8 nitrogen and oxygen atoms in total. The first-order valence-electron chi connectivity index (χ1n) is 11.9. The second-order valence-electron chi connectivity index (χ2n) is 9.92. The van der Waals surface area contributed by atoms with Crippen molar-refractivity contribution in [1.82, 2.24) is 20.6 Å². The highest BCUT2D eigenvalue weighted by molar-refractivity contribution is 5.77. The molecule has 2 aliphatic carbocycles. The van der Waals surface area contributed by atoms with Gasteiger partial charge in [-0.15, -0.1) is 0 Å². The first-order valence-corrected chi connectivity index (χ1v) is 11.9. The van der Waals surface area contributed by atoms with Crippen LogP contribution in [0.25, 0.3) is 0 Å². The van der Waals surface area contributed by atoms with Gasteiger partial charge in [0.2, 0.25) is 11.9 Å². The number of carbonyl (C=O) groups excluding carboxylic acids is 2. The molecule has 2 amide bonds. The molecule has 0 bridgehead atoms. The van der Waals surface area contributed by atoms with E-state index in [1.165, 1.54) is 0 Å². The van der Waals surface area contributed by atoms with Crippen molar-refractivity contribution >= 4 is 23.6 Å². The van der Waals surface area contributed by atoms with Gasteiger partial charge in [0, 0.05) is 30.0 Å². The zero-order valence-electron chi connectivity index (χ0n) is 19.0. The molecule has 2 aromatic rings. The van der Waals surface area contributed by atoms with Crippen LogP contribution in [0.1, 0.15) is 75.0 Å². The van der Waals surface area contributed by atoms with Crippen LogP contribution in [0.3, 0.4) is 0 Å². The predicted octanol–water partition coefficient (Wildman–Crippen LogP) is 4.33. The zero-order valence-corrected chi connectivity index (χ0v) is 19.0. The highest BCUT2D eigenvalue weighted by atomic mass is 16.5. The molecule has 0 spiro atoms. The molecule has 1 saturated heterocycles. The van der Waals surface area contributed by atoms with E-state index in [-0.39, 0.29) is 23.6 Å². The predicted molar refractivity (Wildman–Crippen MR) is 124 cm³/mol. The van der Waals surface area contributed by atoms with Gasteiger partial charge in [-0.05, 0) is 80.5 Å². The van der Waals surface area contributed by atoms with Gasteiger partial charge in [-0.25, -0.2) is 14.8 Å². The molecule has 1 aromatic carbocycles. The zero-order chi connectivity index (χ0) is 22.8. The normalized spacial score (nSPS) is 25.4. The number of alkyl carbamates (subject to hydrolysis) is 1. The Morgan fingerprint density at radius 1 is 1.21 bits per heavy atom. The summed E-state index contributed by atoms with van der Waals surface area (Å²) in [7, 11) is 0. The second kappa shape index (κ2) is 9.00. The first kappa shape index (κ1) is 21.7. The molecule has 5 rings (SSSR count). The molecule has 2 heterocycles. The molecule has 33 heavy (non-hydrogen) atoms. The van der Waals surface area contributed by atoms with Gasteiger partial charge in [0.15, 0.2) is 0 Å². The van der Waals surface area contributed by atoms with Crippen LogP contribution in [-0.2, 0) is 9.53 Å². The third-order valence-electron chi connectivity index (χ3n) is 7.01. The maximum absolute atomic E-state index is 11.8. The summed E-state index contributed by atoms with van der Waals surface area (Å²) in [5.74, 6) is 1.47. The Bertz CT molecular complexity index is 1010. The van der Waals surface area contributed by atoms with Crippen molar-refractivity contribution in [1.29, 1.82) is 0 Å². The molecular formula is C25H31N5O3. The summed E-state index contributed by atoms with van der Waals surface area (Å²) < 4.78 is 5.38. The van der Waals surface area contributed by atoms with E-state index in [0.29, 0.717) is 30.8 Å². The summed E-state index contributed by atoms with van der Waals surface area (Å²) in [5.41, 5.74) is 3.07. The van der Waals surface area contributed by atoms with Crippen molar-refractivity contribution in [2.45, 2.75) is 69.4 Å². The van der Waals surface area contributed by atoms with Crippen LogP contribution in [0, 0.1) is 5.92 Å². The summed E-state index contributed by atoms with van der Waals surface area (Å²) in [5, 5.41) is 9.24. The van der Waals surface area contributed by atoms with Gasteiger partial charge in [-0.3, -0.25) is 4.79 Å². The Hall–Kier alpha value is -3.16. The number of carbonyl (C=O) groups is 2. The van der Waals surface area contributed by atoms with Gasteiger partial charge in [-0.2, -0.15) is 0 Å². The Kier molecular flexibility index (Phi) is 5.91. The minimum absolute atomic E-state index is 0.0422. The Morgan fingerprint density at radius 3 is 2.73 bits per heavy atom. The largest absolute Gasteiger partial charge is 0.449 e. The lowest BCUT2D eigenvalue weighted by atomic mass is 9.72. The lowest BCUT2D eigenvalue weighted by Crippen LogP contribution is -2.36. The number of hydrogen-bond acceptors (Lipinski definition) is 6. The van der Waals surface area contributed by atoms with E-state index in [1.807, 2.05) is 43.6 Å². The summed E-state index contributed by atoms with van der Waals surface area (Å²) in [4.78, 5) is 32.5. The van der Waals surface area contributed by atoms with Crippen molar-refractivity contribution < 1.29 is 14.3 Å². The number of anilines is 2. The van der Waals surface area contributed by atoms with Gasteiger partial charge in [0.1, 0.15) is 0 Å². The third-order valence-corrected chi connectivity index (χ3v) is 7.01. The van der Waals surface area contributed by atoms with Crippen LogP contribution in [0.5, 0.6) is 0 Å². The molecule has 2 saturated carbocycles. The fraction of sp³-hybridized carbons (Fsp3) is 0.520. The van der Waals surface area contributed by atoms with Crippen molar-refractivity contribution in [2.75, 3.05) is 11.9 Å². The lowest BCUT2D eigenvalue weighted by Gasteiger charge is -2.34. The van der Waals surface area contributed by atoms with Crippen molar-refractivity contribution in [3.05, 3.63) is 47.8 Å². The molecule has 3 fully saturated rings. The number of aromatic nitrogens is 2. The number of hydrogen-bond donors (Lipinski definition) is 3. The van der Waals surface area contributed by atoms with E-state index in [4.69, 9.17) is 4.74 Å². The van der Waals surface area contributed by atoms with Crippen LogP contribution in [0.2, 0.25) is 0 Å². The lowest BCUT2D eigenvalue weighted by molar-refractivity contribution is -0.123. The maximum atomic E-state index is 11.8. The molecule has 8 heteroatoms. The van der Waals surface area contributed by atoms with Crippen LogP contribution in [0.15, 0.2) is 36.7 Å². The molecule has 0 radical (unpaired) electrons. The van der Waals surface area contributed by atoms with Gasteiger partial charge >= 0.3 is 6.09 Å². The first-order chi connectivity index (χ1) is 16.0. The van der Waals surface area contributed by atoms with Crippen molar-refractivity contribution in [2.24, 2.45) is 5.92 Å². The fourth-order valence-electron chi connectivity index (χ4n) is 4.56. The molecule has 1 aromatic heterocycles. The topological polar surface area (TPSA) is 105 Å². The molecule has 1 atom stereocenters. The van der Waals surface area contributed by atoms with Crippen molar-refractivity contribution in [3.63, 3.8) is 0 Å². The van der Waals surface area contributed by atoms with E-state index in [9.17, 15) is 9.59 Å². The van der Waals surface area contributed by atoms with E-state index in [2.05, 4.69) is 25.9 Å². The fourth-order valence-corrected chi connectivity index (χ4v) is 4.56. The number of nitrogens with one attached hydrogen (secondary N) is 3. The van der Waals surface area contributed by atoms with Gasteiger partial charge in [-0.1, -0.05) is 12.1 Å². The molecule has 3 N–H and O–H groups in total. The molecule has 3 aliphatic rings. The van der Waals surface area contributed by atoms with Crippen LogP contribution < -0.4 is 16.0 Å². The molecule has 0 unspecified atom stereocenters. The average molecular weight is 450 g/mol. The van der Waals surface area contributed by atoms with E-state index in [1.54, 1.807) is 0 Å². The minimum atomic E-state index is -0.299. The summed E-state index contributed by atoms with van der Waals surface area (Å²) in [6.45, 7) is 2.51. The summed E-state index contributed by atoms with van der Waals surface area (Å²) in [6.07, 6.45) is 9.96. The van der Waals surface area contributed by atoms with Crippen LogP contribution >= 0.6 is 0 Å². The highest BCUT2D eigenvalue weighted by Crippen LogP contribution is 2.41. The monoisotopic (exact) mass is 449 g/mol. The van der Waals surface area contributed by atoms with E-state index in [0.717, 1.165) is 55.3 Å². The number of ether oxygens (including phenoxy) is 1. The quantitative estimate of drug-likeness (QED) is 0.581. The molecular weight excluding hydrogens is 418 g/mol. The SMILES string of the molecule is CC1(NC(=O)OCC2CC(c3cnc(Nc4cccc([C@H]5CCCC(=O)N5)c4)nc3)C2)CC1. The highest BCUT2D eigenvalue weighted by Gasteiger charge is 2.39. The Balaban J connectivity index is 1.09. The number of amides is 2. The summed E-state index contributed by atoms with van der Waals surface area (Å²) in [6, 6.07) is 8.10. The standard InChI is InChI=1S/C25H31N5O3/c1-25(8-9-25)30-24(32)33-15-16-10-18(11-16)19-13-26-23(27-14-19)28-20-5-2-4-17(12-20)21-6-3-7-22(31)29-21/h2,4-5,12-14,16,18,21H,3,6-11,15H2,1H3,(H,29,31)(H,30,32)(H,26,27,28)/t16?,18?,21-/m1/s1. The number of benzene rings is 1. The van der Waals surface area contributed by atoms with Gasteiger partial charge in [0.05, 0.1) is 12.6 Å².